The van der Waals surface area contributed by atoms with E-state index in [0.717, 1.165) is 24.0 Å². The third kappa shape index (κ3) is 5.34. The van der Waals surface area contributed by atoms with Crippen LogP contribution in [0.1, 0.15) is 41.3 Å². The van der Waals surface area contributed by atoms with Crippen molar-refractivity contribution in [1.82, 2.24) is 10.9 Å². The minimum absolute atomic E-state index is 0.00680. The van der Waals surface area contributed by atoms with Crippen LogP contribution in [-0.4, -0.2) is 23.8 Å². The van der Waals surface area contributed by atoms with Gasteiger partial charge in [0.2, 0.25) is 5.91 Å². The maximum absolute atomic E-state index is 12.3. The van der Waals surface area contributed by atoms with E-state index in [4.69, 9.17) is 4.74 Å². The van der Waals surface area contributed by atoms with Crippen molar-refractivity contribution in [2.75, 3.05) is 5.32 Å². The van der Waals surface area contributed by atoms with Crippen molar-refractivity contribution in [2.45, 2.75) is 39.7 Å². The lowest BCUT2D eigenvalue weighted by Crippen LogP contribution is -2.47. The summed E-state index contributed by atoms with van der Waals surface area (Å²) in [7, 11) is 0. The Labute approximate surface area is 169 Å². The Morgan fingerprint density at radius 2 is 1.59 bits per heavy atom. The molecule has 29 heavy (non-hydrogen) atoms. The minimum Gasteiger partial charge on any atom is -0.480 e. The van der Waals surface area contributed by atoms with Gasteiger partial charge in [0.15, 0.2) is 6.10 Å². The molecule has 3 amide bonds. The number of rotatable bonds is 6. The number of nitrogens with one attached hydrogen (secondary N) is 3. The molecule has 1 saturated carbocycles. The average Bonchev–Trinajstić information content (AvgIpc) is 3.54. The van der Waals surface area contributed by atoms with Crippen molar-refractivity contribution in [2.24, 2.45) is 5.92 Å². The van der Waals surface area contributed by atoms with E-state index in [2.05, 4.69) is 16.2 Å². The number of carbonyl (C=O) groups excluding carboxylic acids is 3. The monoisotopic (exact) mass is 395 g/mol. The van der Waals surface area contributed by atoms with E-state index in [0.29, 0.717) is 17.0 Å². The number of anilines is 1. The third-order valence-electron chi connectivity index (χ3n) is 4.73. The maximum Gasteiger partial charge on any atom is 0.279 e. The second-order valence-corrected chi connectivity index (χ2v) is 7.27. The van der Waals surface area contributed by atoms with Crippen LogP contribution in [0, 0.1) is 19.8 Å². The predicted molar refractivity (Wildman–Crippen MR) is 109 cm³/mol. The molecule has 0 radical (unpaired) electrons. The van der Waals surface area contributed by atoms with E-state index in [1.165, 1.54) is 0 Å². The van der Waals surface area contributed by atoms with Crippen molar-refractivity contribution < 1.29 is 19.1 Å². The lowest BCUT2D eigenvalue weighted by Gasteiger charge is -2.18. The van der Waals surface area contributed by atoms with Crippen LogP contribution in [0.2, 0.25) is 0 Å². The highest BCUT2D eigenvalue weighted by atomic mass is 16.5. The first-order valence-electron chi connectivity index (χ1n) is 9.59. The number of aryl methyl sites for hydroxylation is 2. The topological polar surface area (TPSA) is 96.5 Å². The Kier molecular flexibility index (Phi) is 6.16. The molecule has 1 aliphatic carbocycles. The first-order valence-corrected chi connectivity index (χ1v) is 9.59. The van der Waals surface area contributed by atoms with Gasteiger partial charge in [-0.3, -0.25) is 25.2 Å². The largest absolute Gasteiger partial charge is 0.480 e. The summed E-state index contributed by atoms with van der Waals surface area (Å²) in [4.78, 5) is 36.2. The first-order chi connectivity index (χ1) is 13.8. The van der Waals surface area contributed by atoms with E-state index < -0.39 is 17.9 Å². The van der Waals surface area contributed by atoms with E-state index in [1.807, 2.05) is 32.0 Å². The highest BCUT2D eigenvalue weighted by molar-refractivity contribution is 5.97. The number of hydrazine groups is 1. The number of carbonyl (C=O) groups is 3. The Morgan fingerprint density at radius 1 is 0.966 bits per heavy atom. The van der Waals surface area contributed by atoms with Gasteiger partial charge in [0, 0.05) is 17.2 Å². The third-order valence-corrected chi connectivity index (χ3v) is 4.73. The normalized spacial score (nSPS) is 13.9. The zero-order valence-electron chi connectivity index (χ0n) is 16.7. The molecule has 1 aliphatic rings. The van der Waals surface area contributed by atoms with Crippen LogP contribution >= 0.6 is 0 Å². The fourth-order valence-electron chi connectivity index (χ4n) is 2.80. The summed E-state index contributed by atoms with van der Waals surface area (Å²) < 4.78 is 5.75. The summed E-state index contributed by atoms with van der Waals surface area (Å²) in [6.45, 7) is 5.43. The summed E-state index contributed by atoms with van der Waals surface area (Å²) in [5, 5.41) is 2.81. The first kappa shape index (κ1) is 20.4. The molecule has 3 N–H and O–H groups in total. The fraction of sp³-hybridized carbons (Fsp3) is 0.318. The lowest BCUT2D eigenvalue weighted by molar-refractivity contribution is -0.128. The molecular weight excluding hydrogens is 370 g/mol. The van der Waals surface area contributed by atoms with Crippen LogP contribution in [0.3, 0.4) is 0 Å². The van der Waals surface area contributed by atoms with Crippen LogP contribution < -0.4 is 20.9 Å². The van der Waals surface area contributed by atoms with Crippen molar-refractivity contribution in [3.05, 3.63) is 59.2 Å². The van der Waals surface area contributed by atoms with Crippen LogP contribution in [0.15, 0.2) is 42.5 Å². The summed E-state index contributed by atoms with van der Waals surface area (Å²) in [6.07, 6.45) is 1.07. The Hall–Kier alpha value is -3.35. The van der Waals surface area contributed by atoms with Crippen LogP contribution in [0.25, 0.3) is 0 Å². The standard InChI is InChI=1S/C22H25N3O4/c1-13-5-4-6-14(2)19(13)29-15(3)20(26)24-25-22(28)17-9-11-18(12-10-17)23-21(27)16-7-8-16/h4-6,9-12,15-16H,7-8H2,1-3H3,(H,23,27)(H,24,26)(H,25,28)/t15-/m1/s1. The predicted octanol–water partition coefficient (Wildman–Crippen LogP) is 2.88. The molecule has 152 valence electrons. The molecule has 7 heteroatoms. The van der Waals surface area contributed by atoms with Gasteiger partial charge in [0.05, 0.1) is 0 Å². The number of hydrogen-bond acceptors (Lipinski definition) is 4. The summed E-state index contributed by atoms with van der Waals surface area (Å²) in [5.74, 6) is -0.148. The molecule has 2 aromatic rings. The highest BCUT2D eigenvalue weighted by Gasteiger charge is 2.29. The van der Waals surface area contributed by atoms with Crippen molar-refractivity contribution in [3.63, 3.8) is 0 Å². The molecule has 1 fully saturated rings. The van der Waals surface area contributed by atoms with Gasteiger partial charge in [-0.25, -0.2) is 0 Å². The van der Waals surface area contributed by atoms with Gasteiger partial charge in [0.1, 0.15) is 5.75 Å². The zero-order chi connectivity index (χ0) is 21.0. The van der Waals surface area contributed by atoms with E-state index in [9.17, 15) is 14.4 Å². The van der Waals surface area contributed by atoms with Crippen LogP contribution in [-0.2, 0) is 9.59 Å². The number of hydrogen-bond donors (Lipinski definition) is 3. The van der Waals surface area contributed by atoms with Gasteiger partial charge in [-0.05, 0) is 69.0 Å². The second kappa shape index (κ2) is 8.77. The number of para-hydroxylation sites is 1. The number of benzene rings is 2. The number of amides is 3. The molecule has 0 spiro atoms. The van der Waals surface area contributed by atoms with E-state index in [1.54, 1.807) is 31.2 Å². The van der Waals surface area contributed by atoms with Crippen LogP contribution in [0.5, 0.6) is 5.75 Å². The smallest absolute Gasteiger partial charge is 0.279 e. The van der Waals surface area contributed by atoms with Gasteiger partial charge < -0.3 is 10.1 Å². The quantitative estimate of drug-likeness (QED) is 0.655. The molecular formula is C22H25N3O4. The average molecular weight is 395 g/mol. The Balaban J connectivity index is 1.50. The van der Waals surface area contributed by atoms with Gasteiger partial charge in [0.25, 0.3) is 11.8 Å². The van der Waals surface area contributed by atoms with E-state index >= 15 is 0 Å². The van der Waals surface area contributed by atoms with Gasteiger partial charge in [-0.2, -0.15) is 0 Å². The SMILES string of the molecule is Cc1cccc(C)c1O[C@H](C)C(=O)NNC(=O)c1ccc(NC(=O)C2CC2)cc1. The van der Waals surface area contributed by atoms with Crippen molar-refractivity contribution in [1.29, 1.82) is 0 Å². The van der Waals surface area contributed by atoms with Gasteiger partial charge >= 0.3 is 0 Å². The molecule has 0 bridgehead atoms. The summed E-state index contributed by atoms with van der Waals surface area (Å²) in [5.41, 5.74) is 7.62. The molecule has 1 atom stereocenters. The number of ether oxygens (including phenoxy) is 1. The molecule has 0 heterocycles. The zero-order valence-corrected chi connectivity index (χ0v) is 16.7. The molecule has 0 saturated heterocycles. The maximum atomic E-state index is 12.3. The van der Waals surface area contributed by atoms with Gasteiger partial charge in [-0.15, -0.1) is 0 Å². The molecule has 0 aromatic heterocycles. The Morgan fingerprint density at radius 3 is 2.17 bits per heavy atom. The molecule has 0 unspecified atom stereocenters. The van der Waals surface area contributed by atoms with Crippen molar-refractivity contribution in [3.8, 4) is 5.75 Å². The van der Waals surface area contributed by atoms with Crippen molar-refractivity contribution >= 4 is 23.4 Å². The summed E-state index contributed by atoms with van der Waals surface area (Å²) >= 11 is 0. The van der Waals surface area contributed by atoms with Crippen LogP contribution in [0.4, 0.5) is 5.69 Å². The fourth-order valence-corrected chi connectivity index (χ4v) is 2.80. The van der Waals surface area contributed by atoms with Gasteiger partial charge in [-0.1, -0.05) is 18.2 Å². The lowest BCUT2D eigenvalue weighted by atomic mass is 10.1. The Bertz CT molecular complexity index is 900. The second-order valence-electron chi connectivity index (χ2n) is 7.27. The molecule has 0 aliphatic heterocycles. The molecule has 2 aromatic carbocycles. The molecule has 7 nitrogen and oxygen atoms in total. The summed E-state index contributed by atoms with van der Waals surface area (Å²) in [6, 6.07) is 12.2. The van der Waals surface area contributed by atoms with E-state index in [-0.39, 0.29) is 11.8 Å². The minimum atomic E-state index is -0.782. The highest BCUT2D eigenvalue weighted by Crippen LogP contribution is 2.30. The molecule has 3 rings (SSSR count).